The lowest BCUT2D eigenvalue weighted by Gasteiger charge is -2.19. The molecule has 0 heterocycles. The van der Waals surface area contributed by atoms with Crippen molar-refractivity contribution in [1.82, 2.24) is 0 Å². The summed E-state index contributed by atoms with van der Waals surface area (Å²) >= 11 is 2.24. The number of likely N-dealkylation sites (N-methyl/N-ethyl adjacent to an activating group) is 1. The van der Waals surface area contributed by atoms with Crippen molar-refractivity contribution in [3.8, 4) is 0 Å². The normalized spacial score (nSPS) is 10.3. The molecule has 0 aromatic heterocycles. The number of ketones is 1. The second kappa shape index (κ2) is 6.14. The molecule has 0 spiro atoms. The first-order chi connectivity index (χ1) is 9.08. The fourth-order valence-corrected chi connectivity index (χ4v) is 2.59. The van der Waals surface area contributed by atoms with Crippen molar-refractivity contribution in [2.24, 2.45) is 0 Å². The molecule has 4 heteroatoms. The predicted octanol–water partition coefficient (Wildman–Crippen LogP) is 3.75. The molecule has 0 saturated carbocycles. The van der Waals surface area contributed by atoms with Crippen LogP contribution in [0.4, 0.5) is 10.1 Å². The molecule has 98 valence electrons. The maximum atomic E-state index is 12.8. The lowest BCUT2D eigenvalue weighted by atomic mass is 10.1. The van der Waals surface area contributed by atoms with Crippen molar-refractivity contribution in [2.75, 3.05) is 18.5 Å². The summed E-state index contributed by atoms with van der Waals surface area (Å²) < 4.78 is 13.9. The smallest absolute Gasteiger partial charge is 0.182 e. The van der Waals surface area contributed by atoms with Gasteiger partial charge in [-0.05, 0) is 59.0 Å². The van der Waals surface area contributed by atoms with Crippen LogP contribution in [-0.2, 0) is 0 Å². The topological polar surface area (TPSA) is 20.3 Å². The summed E-state index contributed by atoms with van der Waals surface area (Å²) in [5.41, 5.74) is 1.54. The van der Waals surface area contributed by atoms with Crippen molar-refractivity contribution in [1.29, 1.82) is 0 Å². The summed E-state index contributed by atoms with van der Waals surface area (Å²) in [6, 6.07) is 13.5. The van der Waals surface area contributed by atoms with Crippen LogP contribution in [0.1, 0.15) is 10.4 Å². The standard InChI is InChI=1S/C15H13FINO/c1-18(14-5-3-2-4-13(14)17)10-15(19)11-6-8-12(16)9-7-11/h2-9H,10H2,1H3. The number of carbonyl (C=O) groups is 1. The Balaban J connectivity index is 2.11. The zero-order chi connectivity index (χ0) is 13.8. The average Bonchev–Trinajstić information content (AvgIpc) is 2.39. The van der Waals surface area contributed by atoms with Gasteiger partial charge in [0.25, 0.3) is 0 Å². The largest absolute Gasteiger partial charge is 0.366 e. The first-order valence-electron chi connectivity index (χ1n) is 5.82. The van der Waals surface area contributed by atoms with Gasteiger partial charge < -0.3 is 4.90 Å². The molecule has 0 atom stereocenters. The molecule has 0 saturated heterocycles. The Morgan fingerprint density at radius 1 is 1.16 bits per heavy atom. The Morgan fingerprint density at radius 2 is 1.79 bits per heavy atom. The number of rotatable bonds is 4. The van der Waals surface area contributed by atoms with Gasteiger partial charge in [0.15, 0.2) is 5.78 Å². The van der Waals surface area contributed by atoms with E-state index in [1.807, 2.05) is 36.2 Å². The molecule has 2 rings (SSSR count). The van der Waals surface area contributed by atoms with Crippen molar-refractivity contribution < 1.29 is 9.18 Å². The van der Waals surface area contributed by atoms with Gasteiger partial charge in [-0.1, -0.05) is 12.1 Å². The van der Waals surface area contributed by atoms with E-state index in [9.17, 15) is 9.18 Å². The minimum Gasteiger partial charge on any atom is -0.366 e. The SMILES string of the molecule is CN(CC(=O)c1ccc(F)cc1)c1ccccc1I. The summed E-state index contributed by atoms with van der Waals surface area (Å²) in [4.78, 5) is 14.0. The second-order valence-corrected chi connectivity index (χ2v) is 5.40. The molecule has 0 aliphatic carbocycles. The van der Waals surface area contributed by atoms with Crippen LogP contribution in [0.5, 0.6) is 0 Å². The molecule has 0 N–H and O–H groups in total. The number of halogens is 2. The third-order valence-corrected chi connectivity index (χ3v) is 3.72. The number of hydrogen-bond donors (Lipinski definition) is 0. The van der Waals surface area contributed by atoms with Gasteiger partial charge in [0.1, 0.15) is 5.82 Å². The maximum Gasteiger partial charge on any atom is 0.182 e. The summed E-state index contributed by atoms with van der Waals surface area (Å²) in [6.07, 6.45) is 0. The van der Waals surface area contributed by atoms with E-state index in [2.05, 4.69) is 22.6 Å². The average molecular weight is 369 g/mol. The molecule has 0 amide bonds. The molecule has 2 aromatic carbocycles. The van der Waals surface area contributed by atoms with Crippen molar-refractivity contribution in [3.63, 3.8) is 0 Å². The third-order valence-electron chi connectivity index (χ3n) is 2.81. The van der Waals surface area contributed by atoms with E-state index in [0.29, 0.717) is 5.56 Å². The molecule has 2 nitrogen and oxygen atoms in total. The number of hydrogen-bond acceptors (Lipinski definition) is 2. The number of para-hydroxylation sites is 1. The quantitative estimate of drug-likeness (QED) is 0.605. The first kappa shape index (κ1) is 14.0. The van der Waals surface area contributed by atoms with Crippen molar-refractivity contribution >= 4 is 34.1 Å². The van der Waals surface area contributed by atoms with E-state index in [4.69, 9.17) is 0 Å². The lowest BCUT2D eigenvalue weighted by molar-refractivity contribution is 0.100. The van der Waals surface area contributed by atoms with E-state index in [0.717, 1.165) is 9.26 Å². The van der Waals surface area contributed by atoms with Gasteiger partial charge in [-0.3, -0.25) is 4.79 Å². The zero-order valence-corrected chi connectivity index (χ0v) is 12.6. The van der Waals surface area contributed by atoms with E-state index in [1.165, 1.54) is 24.3 Å². The van der Waals surface area contributed by atoms with Gasteiger partial charge in [0.05, 0.1) is 12.2 Å². The second-order valence-electron chi connectivity index (χ2n) is 4.24. The molecule has 0 fully saturated rings. The van der Waals surface area contributed by atoms with Crippen LogP contribution in [-0.4, -0.2) is 19.4 Å². The van der Waals surface area contributed by atoms with Crippen LogP contribution < -0.4 is 4.90 Å². The molecule has 0 unspecified atom stereocenters. The van der Waals surface area contributed by atoms with Crippen LogP contribution in [0, 0.1) is 9.39 Å². The van der Waals surface area contributed by atoms with Crippen LogP contribution in [0.25, 0.3) is 0 Å². The van der Waals surface area contributed by atoms with Crippen LogP contribution >= 0.6 is 22.6 Å². The predicted molar refractivity (Wildman–Crippen MR) is 83.2 cm³/mol. The highest BCUT2D eigenvalue weighted by Crippen LogP contribution is 2.21. The molecule has 0 aliphatic heterocycles. The number of benzene rings is 2. The monoisotopic (exact) mass is 369 g/mol. The number of carbonyl (C=O) groups excluding carboxylic acids is 1. The molecule has 0 bridgehead atoms. The van der Waals surface area contributed by atoms with Crippen molar-refractivity contribution in [3.05, 3.63) is 63.5 Å². The molecular formula is C15H13FINO. The highest BCUT2D eigenvalue weighted by Gasteiger charge is 2.11. The molecule has 0 radical (unpaired) electrons. The Morgan fingerprint density at radius 3 is 2.42 bits per heavy atom. The molecular weight excluding hydrogens is 356 g/mol. The summed E-state index contributed by atoms with van der Waals surface area (Å²) in [5.74, 6) is -0.357. The fraction of sp³-hybridized carbons (Fsp3) is 0.133. The Bertz CT molecular complexity index is 583. The van der Waals surface area contributed by atoms with E-state index < -0.39 is 0 Å². The molecule has 0 aliphatic rings. The highest BCUT2D eigenvalue weighted by atomic mass is 127. The lowest BCUT2D eigenvalue weighted by Crippen LogP contribution is -2.26. The molecule has 19 heavy (non-hydrogen) atoms. The minimum atomic E-state index is -0.331. The maximum absolute atomic E-state index is 12.8. The summed E-state index contributed by atoms with van der Waals surface area (Å²) in [6.45, 7) is 0.269. The molecule has 2 aromatic rings. The van der Waals surface area contributed by atoms with Gasteiger partial charge in [-0.2, -0.15) is 0 Å². The van der Waals surface area contributed by atoms with Gasteiger partial charge >= 0.3 is 0 Å². The Labute approximate surface area is 125 Å². The minimum absolute atomic E-state index is 0.0258. The first-order valence-corrected chi connectivity index (χ1v) is 6.90. The van der Waals surface area contributed by atoms with Gasteiger partial charge in [-0.15, -0.1) is 0 Å². The zero-order valence-electron chi connectivity index (χ0n) is 10.4. The van der Waals surface area contributed by atoms with Crippen LogP contribution in [0.15, 0.2) is 48.5 Å². The number of anilines is 1. The van der Waals surface area contributed by atoms with Gasteiger partial charge in [-0.25, -0.2) is 4.39 Å². The van der Waals surface area contributed by atoms with E-state index in [-0.39, 0.29) is 18.1 Å². The number of Topliss-reactive ketones (excluding diaryl/α,β-unsaturated/α-hetero) is 1. The highest BCUT2D eigenvalue weighted by molar-refractivity contribution is 14.1. The number of nitrogens with zero attached hydrogens (tertiary/aromatic N) is 1. The van der Waals surface area contributed by atoms with Crippen LogP contribution in [0.3, 0.4) is 0 Å². The van der Waals surface area contributed by atoms with E-state index >= 15 is 0 Å². The Kier molecular flexibility index (Phi) is 4.52. The van der Waals surface area contributed by atoms with Gasteiger partial charge in [0.2, 0.25) is 0 Å². The van der Waals surface area contributed by atoms with Gasteiger partial charge in [0, 0.05) is 16.2 Å². The Hall–Kier alpha value is -1.43. The van der Waals surface area contributed by atoms with Crippen LogP contribution in [0.2, 0.25) is 0 Å². The summed E-state index contributed by atoms with van der Waals surface area (Å²) in [7, 11) is 1.87. The van der Waals surface area contributed by atoms with E-state index in [1.54, 1.807) is 0 Å². The fourth-order valence-electron chi connectivity index (χ4n) is 1.79. The third kappa shape index (κ3) is 3.53. The summed E-state index contributed by atoms with van der Waals surface area (Å²) in [5, 5.41) is 0. The van der Waals surface area contributed by atoms with Crippen molar-refractivity contribution in [2.45, 2.75) is 0 Å².